The maximum atomic E-state index is 11.0. The molecule has 0 aromatic heterocycles. The maximum Gasteiger partial charge on any atom is 0.142 e. The van der Waals surface area contributed by atoms with E-state index in [1.54, 1.807) is 0 Å². The van der Waals surface area contributed by atoms with Crippen molar-refractivity contribution in [3.8, 4) is 11.5 Å². The fourth-order valence-electron chi connectivity index (χ4n) is 6.51. The Hall–Kier alpha value is -2.36. The van der Waals surface area contributed by atoms with Crippen molar-refractivity contribution in [3.05, 3.63) is 45.5 Å². The smallest absolute Gasteiger partial charge is 0.142 e. The SMILES string of the molecule is Cc1c(C(C)(C)c2cc(C3CCCCC3)c(O)c(N)c2C)cc(C2CCCCC2)c(O)c1N. The summed E-state index contributed by atoms with van der Waals surface area (Å²) < 4.78 is 0. The van der Waals surface area contributed by atoms with Gasteiger partial charge in [0, 0.05) is 5.41 Å². The largest absolute Gasteiger partial charge is 0.505 e. The molecule has 0 spiro atoms. The fourth-order valence-corrected chi connectivity index (χ4v) is 6.51. The number of rotatable bonds is 4. The Bertz CT molecular complexity index is 947. The van der Waals surface area contributed by atoms with Gasteiger partial charge in [0.1, 0.15) is 11.5 Å². The summed E-state index contributed by atoms with van der Waals surface area (Å²) in [5.41, 5.74) is 19.7. The first-order valence-corrected chi connectivity index (χ1v) is 12.9. The fraction of sp³-hybridized carbons (Fsp3) is 0.586. The minimum atomic E-state index is -0.370. The van der Waals surface area contributed by atoms with Gasteiger partial charge in [0.05, 0.1) is 11.4 Å². The van der Waals surface area contributed by atoms with Gasteiger partial charge in [0.25, 0.3) is 0 Å². The first-order valence-electron chi connectivity index (χ1n) is 12.9. The van der Waals surface area contributed by atoms with Crippen LogP contribution in [0.5, 0.6) is 11.5 Å². The van der Waals surface area contributed by atoms with E-state index in [9.17, 15) is 10.2 Å². The van der Waals surface area contributed by atoms with Crippen LogP contribution < -0.4 is 11.5 Å². The molecule has 2 aromatic carbocycles. The minimum Gasteiger partial charge on any atom is -0.505 e. The van der Waals surface area contributed by atoms with Crippen LogP contribution in [0.25, 0.3) is 0 Å². The molecule has 2 aliphatic carbocycles. The molecule has 2 aromatic rings. The molecule has 33 heavy (non-hydrogen) atoms. The average molecular weight is 451 g/mol. The third-order valence-corrected chi connectivity index (χ3v) is 8.71. The predicted octanol–water partition coefficient (Wildman–Crippen LogP) is 7.30. The Morgan fingerprint density at radius 2 is 1.00 bits per heavy atom. The van der Waals surface area contributed by atoms with E-state index < -0.39 is 0 Å². The number of nitrogens with two attached hydrogens (primary N) is 2. The molecular weight excluding hydrogens is 408 g/mol. The van der Waals surface area contributed by atoms with Crippen molar-refractivity contribution in [2.75, 3.05) is 11.5 Å². The highest BCUT2D eigenvalue weighted by Crippen LogP contribution is 2.49. The van der Waals surface area contributed by atoms with Gasteiger partial charge in [0.15, 0.2) is 0 Å². The molecule has 0 bridgehead atoms. The highest BCUT2D eigenvalue weighted by Gasteiger charge is 2.33. The summed E-state index contributed by atoms with van der Waals surface area (Å²) in [4.78, 5) is 0. The van der Waals surface area contributed by atoms with Crippen LogP contribution in [0.2, 0.25) is 0 Å². The summed E-state index contributed by atoms with van der Waals surface area (Å²) >= 11 is 0. The summed E-state index contributed by atoms with van der Waals surface area (Å²) in [5.74, 6) is 1.26. The number of phenolic OH excluding ortho intramolecular Hbond substituents is 2. The number of anilines is 2. The topological polar surface area (TPSA) is 92.5 Å². The molecule has 0 atom stereocenters. The van der Waals surface area contributed by atoms with Gasteiger partial charge in [-0.2, -0.15) is 0 Å². The Kier molecular flexibility index (Phi) is 6.57. The zero-order valence-corrected chi connectivity index (χ0v) is 20.9. The van der Waals surface area contributed by atoms with Crippen molar-refractivity contribution < 1.29 is 10.2 Å². The lowest BCUT2D eigenvalue weighted by Gasteiger charge is -2.34. The van der Waals surface area contributed by atoms with Crippen LogP contribution >= 0.6 is 0 Å². The van der Waals surface area contributed by atoms with Crippen LogP contribution in [-0.2, 0) is 5.41 Å². The number of benzene rings is 2. The molecule has 4 rings (SSSR count). The number of hydrogen-bond acceptors (Lipinski definition) is 4. The first kappa shape index (κ1) is 23.8. The molecule has 4 heteroatoms. The average Bonchev–Trinajstić information content (AvgIpc) is 2.82. The lowest BCUT2D eigenvalue weighted by Crippen LogP contribution is -2.24. The molecule has 2 saturated carbocycles. The molecule has 0 heterocycles. The highest BCUT2D eigenvalue weighted by atomic mass is 16.3. The van der Waals surface area contributed by atoms with Crippen LogP contribution in [0.15, 0.2) is 12.1 Å². The molecule has 0 saturated heterocycles. The Labute approximate surface area is 199 Å². The Morgan fingerprint density at radius 1 is 0.667 bits per heavy atom. The second-order valence-corrected chi connectivity index (χ2v) is 11.1. The van der Waals surface area contributed by atoms with Gasteiger partial charge in [0.2, 0.25) is 0 Å². The molecule has 0 radical (unpaired) electrons. The zero-order valence-electron chi connectivity index (χ0n) is 20.9. The maximum absolute atomic E-state index is 11.0. The van der Waals surface area contributed by atoms with Crippen LogP contribution in [0, 0.1) is 13.8 Å². The second-order valence-electron chi connectivity index (χ2n) is 11.1. The van der Waals surface area contributed by atoms with E-state index in [0.29, 0.717) is 23.2 Å². The number of hydrogen-bond donors (Lipinski definition) is 4. The monoisotopic (exact) mass is 450 g/mol. The van der Waals surface area contributed by atoms with Crippen molar-refractivity contribution in [2.24, 2.45) is 0 Å². The number of phenols is 2. The number of nitrogen functional groups attached to an aromatic ring is 2. The van der Waals surface area contributed by atoms with E-state index in [2.05, 4.69) is 26.0 Å². The molecule has 2 aliphatic rings. The lowest BCUT2D eigenvalue weighted by atomic mass is 9.70. The van der Waals surface area contributed by atoms with Gasteiger partial charge in [-0.3, -0.25) is 0 Å². The van der Waals surface area contributed by atoms with Crippen molar-refractivity contribution in [2.45, 2.75) is 109 Å². The van der Waals surface area contributed by atoms with E-state index in [1.165, 1.54) is 38.5 Å². The van der Waals surface area contributed by atoms with Gasteiger partial charge in [-0.1, -0.05) is 64.5 Å². The van der Waals surface area contributed by atoms with E-state index >= 15 is 0 Å². The van der Waals surface area contributed by atoms with Crippen LogP contribution in [0.1, 0.15) is 123 Å². The molecule has 180 valence electrons. The van der Waals surface area contributed by atoms with E-state index in [-0.39, 0.29) is 16.9 Å². The molecule has 0 aliphatic heterocycles. The second kappa shape index (κ2) is 9.12. The molecular formula is C29H42N2O2. The van der Waals surface area contributed by atoms with Crippen molar-refractivity contribution >= 4 is 11.4 Å². The molecule has 6 N–H and O–H groups in total. The van der Waals surface area contributed by atoms with E-state index in [1.807, 2.05) is 13.8 Å². The molecule has 0 unspecified atom stereocenters. The van der Waals surface area contributed by atoms with Crippen molar-refractivity contribution in [1.82, 2.24) is 0 Å². The molecule has 4 nitrogen and oxygen atoms in total. The summed E-state index contributed by atoms with van der Waals surface area (Å²) in [7, 11) is 0. The summed E-state index contributed by atoms with van der Waals surface area (Å²) in [6, 6.07) is 4.42. The Morgan fingerprint density at radius 3 is 1.33 bits per heavy atom. The lowest BCUT2D eigenvalue weighted by molar-refractivity contribution is 0.413. The van der Waals surface area contributed by atoms with Gasteiger partial charge >= 0.3 is 0 Å². The minimum absolute atomic E-state index is 0.267. The quantitative estimate of drug-likeness (QED) is 0.290. The normalized spacial score (nSPS) is 18.5. The van der Waals surface area contributed by atoms with Crippen LogP contribution in [0.4, 0.5) is 11.4 Å². The standard InChI is InChI=1S/C29H42N2O2/c1-17-23(15-21(27(32)25(17)30)19-11-7-5-8-12-19)29(3,4)24-16-22(20-13-9-6-10-14-20)28(33)26(31)18(24)2/h15-16,19-20,32-33H,5-14,30-31H2,1-4H3. The zero-order chi connectivity index (χ0) is 23.9. The van der Waals surface area contributed by atoms with Gasteiger partial charge in [-0.25, -0.2) is 0 Å². The molecule has 0 amide bonds. The van der Waals surface area contributed by atoms with E-state index in [0.717, 1.165) is 59.1 Å². The van der Waals surface area contributed by atoms with Crippen molar-refractivity contribution in [1.29, 1.82) is 0 Å². The summed E-state index contributed by atoms with van der Waals surface area (Å²) in [6.45, 7) is 8.47. The third-order valence-electron chi connectivity index (χ3n) is 8.71. The molecule has 2 fully saturated rings. The highest BCUT2D eigenvalue weighted by molar-refractivity contribution is 5.70. The van der Waals surface area contributed by atoms with Crippen LogP contribution in [-0.4, -0.2) is 10.2 Å². The predicted molar refractivity (Wildman–Crippen MR) is 138 cm³/mol. The number of aromatic hydroxyl groups is 2. The summed E-state index contributed by atoms with van der Waals surface area (Å²) in [6.07, 6.45) is 11.8. The van der Waals surface area contributed by atoms with Crippen LogP contribution in [0.3, 0.4) is 0 Å². The van der Waals surface area contributed by atoms with Gasteiger partial charge in [-0.05, 0) is 84.7 Å². The van der Waals surface area contributed by atoms with Gasteiger partial charge < -0.3 is 21.7 Å². The Balaban J connectivity index is 1.86. The van der Waals surface area contributed by atoms with Crippen molar-refractivity contribution in [3.63, 3.8) is 0 Å². The third kappa shape index (κ3) is 4.18. The van der Waals surface area contributed by atoms with Gasteiger partial charge in [-0.15, -0.1) is 0 Å². The van der Waals surface area contributed by atoms with E-state index in [4.69, 9.17) is 11.5 Å². The summed E-state index contributed by atoms with van der Waals surface area (Å²) in [5, 5.41) is 21.9. The first-order chi connectivity index (χ1) is 15.6.